The Balaban J connectivity index is 1.48. The van der Waals surface area contributed by atoms with Crippen LogP contribution in [0.4, 0.5) is 8.78 Å². The molecule has 1 aromatic heterocycles. The van der Waals surface area contributed by atoms with E-state index in [0.29, 0.717) is 18.7 Å². The van der Waals surface area contributed by atoms with E-state index >= 15 is 0 Å². The number of pyridine rings is 1. The molecule has 35 heavy (non-hydrogen) atoms. The van der Waals surface area contributed by atoms with E-state index in [-0.39, 0.29) is 42.5 Å². The third-order valence-electron chi connectivity index (χ3n) is 7.11. The summed E-state index contributed by atoms with van der Waals surface area (Å²) in [6.45, 7) is 3.15. The highest BCUT2D eigenvalue weighted by atomic mass is 19.1. The average molecular weight is 488 g/mol. The minimum atomic E-state index is -0.865. The Morgan fingerprint density at radius 2 is 2.00 bits per heavy atom. The summed E-state index contributed by atoms with van der Waals surface area (Å²) in [5.41, 5.74) is 2.47. The van der Waals surface area contributed by atoms with Gasteiger partial charge in [-0.25, -0.2) is 9.37 Å². The van der Waals surface area contributed by atoms with Gasteiger partial charge in [-0.15, -0.1) is 0 Å². The SMILES string of the molecule is CC(=O)N[C@@H](Cc1ccc(F)cc1)[C@@H](O)CN[C@H]1CC2(CCC2)Oc2ncc(C[C@@H](C)CF)cc21. The van der Waals surface area contributed by atoms with Crippen LogP contribution in [0.1, 0.15) is 62.3 Å². The Hall–Kier alpha value is -2.58. The van der Waals surface area contributed by atoms with Crippen molar-refractivity contribution < 1.29 is 23.4 Å². The number of rotatable bonds is 10. The number of fused-ring (bicyclic) bond motifs is 1. The number of aliphatic hydroxyl groups is 1. The van der Waals surface area contributed by atoms with Gasteiger partial charge in [-0.1, -0.05) is 19.1 Å². The highest BCUT2D eigenvalue weighted by Crippen LogP contribution is 2.48. The maximum atomic E-state index is 13.3. The summed E-state index contributed by atoms with van der Waals surface area (Å²) in [6.07, 6.45) is 5.69. The summed E-state index contributed by atoms with van der Waals surface area (Å²) < 4.78 is 32.6. The second-order valence-electron chi connectivity index (χ2n) is 10.2. The van der Waals surface area contributed by atoms with Crippen LogP contribution in [0.5, 0.6) is 5.88 Å². The molecule has 1 aliphatic carbocycles. The van der Waals surface area contributed by atoms with E-state index in [9.17, 15) is 18.7 Å². The zero-order valence-corrected chi connectivity index (χ0v) is 20.4. The number of aromatic nitrogens is 1. The monoisotopic (exact) mass is 487 g/mol. The van der Waals surface area contributed by atoms with E-state index in [4.69, 9.17) is 4.74 Å². The zero-order valence-electron chi connectivity index (χ0n) is 20.4. The fraction of sp³-hybridized carbons (Fsp3) is 0.556. The molecule has 1 amide bonds. The molecule has 0 unspecified atom stereocenters. The van der Waals surface area contributed by atoms with Crippen molar-refractivity contribution in [1.29, 1.82) is 0 Å². The molecule has 190 valence electrons. The fourth-order valence-electron chi connectivity index (χ4n) is 5.03. The topological polar surface area (TPSA) is 83.5 Å². The quantitative estimate of drug-likeness (QED) is 0.475. The first-order valence-corrected chi connectivity index (χ1v) is 12.4. The molecule has 0 saturated heterocycles. The van der Waals surface area contributed by atoms with E-state index in [2.05, 4.69) is 15.6 Å². The number of benzene rings is 1. The largest absolute Gasteiger partial charge is 0.471 e. The molecule has 2 heterocycles. The third kappa shape index (κ3) is 6.35. The lowest BCUT2D eigenvalue weighted by atomic mass is 9.73. The number of ether oxygens (including phenoxy) is 1. The predicted molar refractivity (Wildman–Crippen MR) is 129 cm³/mol. The van der Waals surface area contributed by atoms with Crippen LogP contribution in [0.15, 0.2) is 36.5 Å². The second-order valence-corrected chi connectivity index (χ2v) is 10.2. The van der Waals surface area contributed by atoms with E-state index in [1.807, 2.05) is 13.0 Å². The molecule has 2 aromatic rings. The average Bonchev–Trinajstić information content (AvgIpc) is 2.81. The lowest BCUT2D eigenvalue weighted by Gasteiger charge is -2.47. The van der Waals surface area contributed by atoms with Gasteiger partial charge in [0, 0.05) is 37.7 Å². The fourth-order valence-corrected chi connectivity index (χ4v) is 5.03. The predicted octanol–water partition coefficient (Wildman–Crippen LogP) is 3.81. The molecule has 4 atom stereocenters. The van der Waals surface area contributed by atoms with Gasteiger partial charge < -0.3 is 20.5 Å². The number of carbonyl (C=O) groups excluding carboxylic acids is 1. The summed E-state index contributed by atoms with van der Waals surface area (Å²) in [7, 11) is 0. The maximum Gasteiger partial charge on any atom is 0.218 e. The Labute approximate surface area is 205 Å². The molecule has 4 rings (SSSR count). The molecule has 1 saturated carbocycles. The van der Waals surface area contributed by atoms with Gasteiger partial charge in [0.1, 0.15) is 11.4 Å². The molecule has 8 heteroatoms. The number of halogens is 2. The lowest BCUT2D eigenvalue weighted by molar-refractivity contribution is -0.120. The summed E-state index contributed by atoms with van der Waals surface area (Å²) in [4.78, 5) is 16.4. The molecule has 2 aliphatic rings. The van der Waals surface area contributed by atoms with E-state index in [1.54, 1.807) is 18.3 Å². The lowest BCUT2D eigenvalue weighted by Crippen LogP contribution is -2.52. The van der Waals surface area contributed by atoms with E-state index in [0.717, 1.165) is 42.4 Å². The smallest absolute Gasteiger partial charge is 0.218 e. The van der Waals surface area contributed by atoms with Gasteiger partial charge in [0.2, 0.25) is 11.8 Å². The van der Waals surface area contributed by atoms with Crippen molar-refractivity contribution in [3.63, 3.8) is 0 Å². The van der Waals surface area contributed by atoms with Crippen molar-refractivity contribution in [3.8, 4) is 5.88 Å². The van der Waals surface area contributed by atoms with Crippen LogP contribution >= 0.6 is 0 Å². The Morgan fingerprint density at radius 1 is 1.26 bits per heavy atom. The first-order chi connectivity index (χ1) is 16.8. The number of hydrogen-bond acceptors (Lipinski definition) is 5. The van der Waals surface area contributed by atoms with Gasteiger partial charge in [-0.05, 0) is 67.3 Å². The molecule has 0 bridgehead atoms. The number of alkyl halides is 1. The molecule has 0 radical (unpaired) electrons. The number of hydrogen-bond donors (Lipinski definition) is 3. The molecule has 3 N–H and O–H groups in total. The summed E-state index contributed by atoms with van der Waals surface area (Å²) in [5.74, 6) is -0.0550. The molecule has 1 aromatic carbocycles. The molecule has 1 spiro atoms. The molecule has 1 fully saturated rings. The Bertz CT molecular complexity index is 1010. The Kier molecular flexibility index (Phi) is 8.02. The summed E-state index contributed by atoms with van der Waals surface area (Å²) in [5, 5.41) is 17.3. The molecule has 1 aliphatic heterocycles. The van der Waals surface area contributed by atoms with Crippen molar-refractivity contribution in [1.82, 2.24) is 15.6 Å². The molecular weight excluding hydrogens is 452 g/mol. The maximum absolute atomic E-state index is 13.3. The standard InChI is InChI=1S/C27H35F2N3O3/c1-17(14-28)10-20-11-22-24(13-27(8-3-9-27)35-26(22)31-15-20)30-16-25(34)23(32-18(2)33)12-19-4-6-21(29)7-5-19/h4-7,11,15,17,23-25,30,34H,3,8-10,12-14,16H2,1-2H3,(H,32,33)/t17-,23+,24+,25+/m1/s1. The van der Waals surface area contributed by atoms with Gasteiger partial charge in [0.15, 0.2) is 0 Å². The van der Waals surface area contributed by atoms with Crippen LogP contribution in [-0.4, -0.2) is 47.0 Å². The minimum Gasteiger partial charge on any atom is -0.471 e. The van der Waals surface area contributed by atoms with E-state index in [1.165, 1.54) is 19.1 Å². The zero-order chi connectivity index (χ0) is 25.0. The van der Waals surface area contributed by atoms with Crippen molar-refractivity contribution in [2.24, 2.45) is 5.92 Å². The second kappa shape index (κ2) is 11.0. The van der Waals surface area contributed by atoms with Gasteiger partial charge in [0.05, 0.1) is 18.8 Å². The van der Waals surface area contributed by atoms with Crippen molar-refractivity contribution in [2.75, 3.05) is 13.2 Å². The summed E-state index contributed by atoms with van der Waals surface area (Å²) in [6, 6.07) is 7.49. The third-order valence-corrected chi connectivity index (χ3v) is 7.11. The number of nitrogens with zero attached hydrogens (tertiary/aromatic N) is 1. The van der Waals surface area contributed by atoms with Crippen molar-refractivity contribution in [2.45, 2.75) is 76.2 Å². The minimum absolute atomic E-state index is 0.0781. The van der Waals surface area contributed by atoms with Crippen molar-refractivity contribution >= 4 is 5.91 Å². The highest BCUT2D eigenvalue weighted by Gasteiger charge is 2.46. The van der Waals surface area contributed by atoms with Gasteiger partial charge in [-0.2, -0.15) is 0 Å². The van der Waals surface area contributed by atoms with Crippen LogP contribution in [-0.2, 0) is 17.6 Å². The highest BCUT2D eigenvalue weighted by molar-refractivity contribution is 5.73. The summed E-state index contributed by atoms with van der Waals surface area (Å²) >= 11 is 0. The first kappa shape index (κ1) is 25.5. The van der Waals surface area contributed by atoms with Gasteiger partial charge in [0.25, 0.3) is 0 Å². The van der Waals surface area contributed by atoms with Gasteiger partial charge >= 0.3 is 0 Å². The van der Waals surface area contributed by atoms with Crippen LogP contribution in [0.3, 0.4) is 0 Å². The van der Waals surface area contributed by atoms with Crippen molar-refractivity contribution in [3.05, 3.63) is 59.0 Å². The van der Waals surface area contributed by atoms with Crippen LogP contribution in [0.25, 0.3) is 0 Å². The Morgan fingerprint density at radius 3 is 2.63 bits per heavy atom. The van der Waals surface area contributed by atoms with Gasteiger partial charge in [-0.3, -0.25) is 9.18 Å². The van der Waals surface area contributed by atoms with E-state index < -0.39 is 12.1 Å². The number of carbonyl (C=O) groups is 1. The molecule has 6 nitrogen and oxygen atoms in total. The van der Waals surface area contributed by atoms with Crippen LogP contribution < -0.4 is 15.4 Å². The number of amides is 1. The normalized spacial score (nSPS) is 20.8. The molecular formula is C27H35F2N3O3. The number of aliphatic hydroxyl groups excluding tert-OH is 1. The van der Waals surface area contributed by atoms with Crippen LogP contribution in [0.2, 0.25) is 0 Å². The van der Waals surface area contributed by atoms with Crippen LogP contribution in [0, 0.1) is 11.7 Å². The number of nitrogens with one attached hydrogen (secondary N) is 2. The first-order valence-electron chi connectivity index (χ1n) is 12.4.